The number of aliphatic imine (C=N–C) groups is 2. The summed E-state index contributed by atoms with van der Waals surface area (Å²) in [6.07, 6.45) is 3.88. The molecule has 3 unspecified atom stereocenters. The smallest absolute Gasteiger partial charge is 0.286 e. The minimum atomic E-state index is -3.11. The fourth-order valence-electron chi connectivity index (χ4n) is 5.12. The third-order valence-corrected chi connectivity index (χ3v) is 7.63. The second kappa shape index (κ2) is 13.2. The Labute approximate surface area is 255 Å². The number of hydrogen-bond acceptors (Lipinski definition) is 6. The molecule has 2 fully saturated rings. The van der Waals surface area contributed by atoms with Crippen molar-refractivity contribution in [3.05, 3.63) is 52.8 Å². The van der Waals surface area contributed by atoms with E-state index in [1.807, 2.05) is 38.1 Å². The highest BCUT2D eigenvalue weighted by molar-refractivity contribution is 6.61. The van der Waals surface area contributed by atoms with Gasteiger partial charge in [0.15, 0.2) is 0 Å². The Kier molecular flexibility index (Phi) is 9.98. The Morgan fingerprint density at radius 2 is 1.84 bits per heavy atom. The third kappa shape index (κ3) is 8.43. The summed E-state index contributed by atoms with van der Waals surface area (Å²) in [6.45, 7) is 5.26. The van der Waals surface area contributed by atoms with Crippen molar-refractivity contribution in [2.24, 2.45) is 9.98 Å². The van der Waals surface area contributed by atoms with Crippen LogP contribution in [0, 0.1) is 6.92 Å². The quantitative estimate of drug-likeness (QED) is 0.481. The van der Waals surface area contributed by atoms with E-state index in [2.05, 4.69) is 25.1 Å². The van der Waals surface area contributed by atoms with E-state index in [9.17, 15) is 18.4 Å². The zero-order chi connectivity index (χ0) is 31.5. The Morgan fingerprint density at radius 3 is 2.40 bits per heavy atom. The molecule has 2 amide bonds. The molecule has 1 aromatic heterocycles. The van der Waals surface area contributed by atoms with Crippen LogP contribution in [0.3, 0.4) is 0 Å². The highest BCUT2D eigenvalue weighted by atomic mass is 19.3. The molecular weight excluding hydrogens is 551 g/mol. The number of carbonyl (C=O) groups excluding carboxylic acids is 2. The molecule has 43 heavy (non-hydrogen) atoms. The molecule has 9 nitrogen and oxygen atoms in total. The van der Waals surface area contributed by atoms with Gasteiger partial charge in [0, 0.05) is 26.5 Å². The number of alkyl halides is 2. The predicted octanol–water partition coefficient (Wildman–Crippen LogP) is 2.30. The van der Waals surface area contributed by atoms with Gasteiger partial charge in [-0.3, -0.25) is 24.3 Å². The zero-order valence-corrected chi connectivity index (χ0v) is 25.0. The highest BCUT2D eigenvalue weighted by Crippen LogP contribution is 2.41. The maximum Gasteiger partial charge on any atom is 0.286 e. The summed E-state index contributed by atoms with van der Waals surface area (Å²) in [5.74, 6) is -3.57. The summed E-state index contributed by atoms with van der Waals surface area (Å²) >= 11 is 0. The monoisotopic (exact) mass is 586 g/mol. The maximum atomic E-state index is 14.4. The predicted molar refractivity (Wildman–Crippen MR) is 163 cm³/mol. The summed E-state index contributed by atoms with van der Waals surface area (Å²) in [4.78, 5) is 36.9. The molecule has 6 radical (unpaired) electrons. The Morgan fingerprint density at radius 1 is 1.16 bits per heavy atom. The average molecular weight is 586 g/mol. The lowest BCUT2D eigenvalue weighted by Crippen LogP contribution is -2.45. The van der Waals surface area contributed by atoms with Crippen LogP contribution in [-0.2, 0) is 26.8 Å². The van der Waals surface area contributed by atoms with Gasteiger partial charge in [0.1, 0.15) is 18.0 Å². The zero-order valence-electron chi connectivity index (χ0n) is 25.0. The van der Waals surface area contributed by atoms with Gasteiger partial charge >= 0.3 is 0 Å². The van der Waals surface area contributed by atoms with Crippen molar-refractivity contribution in [1.29, 1.82) is 0 Å². The number of aromatic nitrogens is 2. The van der Waals surface area contributed by atoms with Crippen molar-refractivity contribution in [3.63, 3.8) is 0 Å². The minimum Gasteiger partial charge on any atom is -0.406 e. The Bertz CT molecular complexity index is 1380. The van der Waals surface area contributed by atoms with Crippen LogP contribution in [0.1, 0.15) is 67.6 Å². The molecule has 5 rings (SSSR count). The van der Waals surface area contributed by atoms with Gasteiger partial charge in [-0.1, -0.05) is 24.3 Å². The van der Waals surface area contributed by atoms with E-state index in [0.717, 1.165) is 35.6 Å². The van der Waals surface area contributed by atoms with Gasteiger partial charge in [0.05, 0.1) is 60.1 Å². The molecule has 3 heterocycles. The largest absolute Gasteiger partial charge is 0.406 e. The Hall–Kier alpha value is -3.28. The van der Waals surface area contributed by atoms with Crippen LogP contribution in [-0.4, -0.2) is 99.5 Å². The molecule has 1 saturated heterocycles. The third-order valence-electron chi connectivity index (χ3n) is 7.63. The van der Waals surface area contributed by atoms with Crippen LogP contribution < -0.4 is 5.32 Å². The van der Waals surface area contributed by atoms with Crippen molar-refractivity contribution in [1.82, 2.24) is 20.0 Å². The number of rotatable bonds is 8. The van der Waals surface area contributed by atoms with Gasteiger partial charge in [-0.2, -0.15) is 13.9 Å². The van der Waals surface area contributed by atoms with Gasteiger partial charge in [-0.15, -0.1) is 0 Å². The lowest BCUT2D eigenvalue weighted by Gasteiger charge is -2.30. The number of halogens is 2. The Balaban J connectivity index is 0.000000641. The van der Waals surface area contributed by atoms with E-state index < -0.39 is 17.3 Å². The number of carbonyl (C=O) groups is 2. The molecule has 3 aliphatic rings. The number of benzene rings is 1. The molecule has 1 aromatic carbocycles. The van der Waals surface area contributed by atoms with E-state index in [0.29, 0.717) is 25.2 Å². The lowest BCUT2D eigenvalue weighted by molar-refractivity contribution is -0.133. The first kappa shape index (κ1) is 32.6. The standard InChI is InChI=1S/C27H32F2N6O2.C2H3B3O/c1-16-6-4-5-7-19(16)25-20(32-26(37)22-14-30-17(2)13-31-22)10-11-34(25)24(36)15-35-23(27(3,28)29)12-21(33-35)18-8-9-18;1-6-2(3,4)5/h4-7,12,14,17-18,20,25H,8-11,13,15H2,1-3H3,(H,32,37);1H3. The first-order chi connectivity index (χ1) is 20.2. The summed E-state index contributed by atoms with van der Waals surface area (Å²) in [6, 6.07) is 8.38. The van der Waals surface area contributed by atoms with Crippen molar-refractivity contribution in [3.8, 4) is 0 Å². The number of amides is 2. The van der Waals surface area contributed by atoms with E-state index in [-0.39, 0.29) is 47.8 Å². The molecule has 2 aliphatic heterocycles. The SMILES string of the molecule is Cc1ccccc1C1C(NC(=O)C2=NCC(C)N=C2)CCN1C(=O)Cn1nc(C2CC2)cc1C(C)(F)F.[B]C([B])([B])OC. The van der Waals surface area contributed by atoms with E-state index in [1.54, 1.807) is 4.90 Å². The van der Waals surface area contributed by atoms with Crippen LogP contribution >= 0.6 is 0 Å². The summed E-state index contributed by atoms with van der Waals surface area (Å²) < 4.78 is 34.2. The normalized spacial score (nSPS) is 22.0. The molecule has 14 heteroatoms. The molecule has 1 N–H and O–H groups in total. The molecule has 0 spiro atoms. The number of likely N-dealkylation sites (tertiary alicyclic amines) is 1. The topological polar surface area (TPSA) is 101 Å². The summed E-state index contributed by atoms with van der Waals surface area (Å²) in [7, 11) is 15.9. The van der Waals surface area contributed by atoms with Crippen molar-refractivity contribution in [2.75, 3.05) is 20.2 Å². The van der Waals surface area contributed by atoms with Crippen LogP contribution in [0.4, 0.5) is 8.78 Å². The van der Waals surface area contributed by atoms with Crippen LogP contribution in [0.15, 0.2) is 40.3 Å². The van der Waals surface area contributed by atoms with Crippen LogP contribution in [0.25, 0.3) is 0 Å². The first-order valence-corrected chi connectivity index (χ1v) is 14.3. The fourth-order valence-corrected chi connectivity index (χ4v) is 5.12. The highest BCUT2D eigenvalue weighted by Gasteiger charge is 2.41. The van der Waals surface area contributed by atoms with Crippen molar-refractivity contribution < 1.29 is 23.1 Å². The van der Waals surface area contributed by atoms with Crippen LogP contribution in [0.5, 0.6) is 0 Å². The molecule has 0 bridgehead atoms. The number of hydrogen-bond donors (Lipinski definition) is 1. The molecule has 3 atom stereocenters. The van der Waals surface area contributed by atoms with Gasteiger partial charge < -0.3 is 15.0 Å². The van der Waals surface area contributed by atoms with E-state index in [4.69, 9.17) is 23.5 Å². The fraction of sp³-hybridized carbons (Fsp3) is 0.552. The van der Waals surface area contributed by atoms with E-state index >= 15 is 0 Å². The number of nitrogens with zero attached hydrogens (tertiary/aromatic N) is 5. The van der Waals surface area contributed by atoms with Crippen LogP contribution in [0.2, 0.25) is 0 Å². The van der Waals surface area contributed by atoms with E-state index in [1.165, 1.54) is 19.4 Å². The molecule has 1 saturated carbocycles. The minimum absolute atomic E-state index is 0.0407. The summed E-state index contributed by atoms with van der Waals surface area (Å²) in [5, 5.41) is 5.98. The number of nitrogens with one attached hydrogen (secondary N) is 1. The van der Waals surface area contributed by atoms with Gasteiger partial charge in [-0.05, 0) is 55.6 Å². The molecular formula is C29H35B3F2N6O3. The average Bonchev–Trinajstić information content (AvgIpc) is 3.57. The molecule has 222 valence electrons. The second-order valence-corrected chi connectivity index (χ2v) is 11.4. The second-order valence-electron chi connectivity index (χ2n) is 11.4. The van der Waals surface area contributed by atoms with Gasteiger partial charge in [-0.25, -0.2) is 0 Å². The maximum absolute atomic E-state index is 14.4. The lowest BCUT2D eigenvalue weighted by atomic mass is 9.52. The first-order valence-electron chi connectivity index (χ1n) is 14.3. The molecule has 1 aliphatic carbocycles. The number of methoxy groups -OCH3 is 1. The summed E-state index contributed by atoms with van der Waals surface area (Å²) in [5.41, 5.74) is 2.53. The number of ether oxygens (including phenoxy) is 1. The van der Waals surface area contributed by atoms with Gasteiger partial charge in [0.2, 0.25) is 5.91 Å². The number of aryl methyl sites for hydroxylation is 1. The van der Waals surface area contributed by atoms with Crippen molar-refractivity contribution >= 4 is 47.3 Å². The van der Waals surface area contributed by atoms with Crippen molar-refractivity contribution in [2.45, 2.75) is 81.8 Å². The van der Waals surface area contributed by atoms with Gasteiger partial charge in [0.25, 0.3) is 11.8 Å². The molecule has 2 aromatic rings.